The predicted molar refractivity (Wildman–Crippen MR) is 87.4 cm³/mol. The van der Waals surface area contributed by atoms with E-state index in [1.807, 2.05) is 36.4 Å². The maximum atomic E-state index is 11.8. The molecule has 2 rings (SSSR count). The van der Waals surface area contributed by atoms with Crippen LogP contribution in [0.2, 0.25) is 0 Å². The van der Waals surface area contributed by atoms with Gasteiger partial charge in [-0.3, -0.25) is 9.59 Å². The van der Waals surface area contributed by atoms with E-state index in [1.54, 1.807) is 35.1 Å². The van der Waals surface area contributed by atoms with Crippen LogP contribution in [0, 0.1) is 0 Å². The molecule has 104 valence electrons. The molecule has 0 aromatic heterocycles. The third-order valence-corrected chi connectivity index (χ3v) is 3.30. The van der Waals surface area contributed by atoms with Gasteiger partial charge in [-0.05, 0) is 23.0 Å². The Bertz CT molecular complexity index is 599. The van der Waals surface area contributed by atoms with Gasteiger partial charge in [-0.2, -0.15) is 0 Å². The lowest BCUT2D eigenvalue weighted by molar-refractivity contribution is 0.103. The number of allylic oxidation sites excluding steroid dienone is 2. The first-order chi connectivity index (χ1) is 10.3. The Labute approximate surface area is 128 Å². The standard InChI is InChI=1S/C18H14O2S/c19-17(15-7-3-1-4-8-15)11-13-21-14-12-18(20)16-9-5-2-6-10-16/h1-14H. The van der Waals surface area contributed by atoms with Crippen molar-refractivity contribution in [2.24, 2.45) is 0 Å². The Hall–Kier alpha value is -2.39. The molecule has 0 aliphatic carbocycles. The summed E-state index contributed by atoms with van der Waals surface area (Å²) < 4.78 is 0. The van der Waals surface area contributed by atoms with E-state index in [0.29, 0.717) is 11.1 Å². The van der Waals surface area contributed by atoms with Gasteiger partial charge in [-0.1, -0.05) is 60.7 Å². The van der Waals surface area contributed by atoms with E-state index in [9.17, 15) is 9.59 Å². The van der Waals surface area contributed by atoms with Gasteiger partial charge >= 0.3 is 0 Å². The Kier molecular flexibility index (Phi) is 5.73. The fraction of sp³-hybridized carbons (Fsp3) is 0. The van der Waals surface area contributed by atoms with Crippen molar-refractivity contribution in [3.63, 3.8) is 0 Å². The number of benzene rings is 2. The zero-order valence-corrected chi connectivity index (χ0v) is 12.1. The summed E-state index contributed by atoms with van der Waals surface area (Å²) in [5.41, 5.74) is 1.30. The minimum atomic E-state index is -0.0501. The second-order valence-electron chi connectivity index (χ2n) is 4.20. The molecular formula is C18H14O2S. The van der Waals surface area contributed by atoms with Crippen LogP contribution in [0.5, 0.6) is 0 Å². The van der Waals surface area contributed by atoms with Gasteiger partial charge < -0.3 is 0 Å². The highest BCUT2D eigenvalue weighted by Gasteiger charge is 1.99. The summed E-state index contributed by atoms with van der Waals surface area (Å²) in [4.78, 5) is 23.5. The van der Waals surface area contributed by atoms with Gasteiger partial charge in [0.05, 0.1) is 0 Å². The van der Waals surface area contributed by atoms with E-state index in [-0.39, 0.29) is 11.6 Å². The molecule has 0 unspecified atom stereocenters. The molecule has 0 saturated carbocycles. The molecule has 0 saturated heterocycles. The number of ketones is 2. The fourth-order valence-corrected chi connectivity index (χ4v) is 2.14. The monoisotopic (exact) mass is 294 g/mol. The predicted octanol–water partition coefficient (Wildman–Crippen LogP) is 4.51. The molecule has 0 N–H and O–H groups in total. The maximum absolute atomic E-state index is 11.8. The average Bonchev–Trinajstić information content (AvgIpc) is 2.55. The van der Waals surface area contributed by atoms with E-state index in [0.717, 1.165) is 0 Å². The van der Waals surface area contributed by atoms with Gasteiger partial charge in [0, 0.05) is 11.1 Å². The number of carbonyl (C=O) groups excluding carboxylic acids is 2. The molecule has 0 fully saturated rings. The molecule has 2 aromatic rings. The second-order valence-corrected chi connectivity index (χ2v) is 5.02. The first-order valence-corrected chi connectivity index (χ1v) is 7.39. The van der Waals surface area contributed by atoms with Crippen molar-refractivity contribution in [2.45, 2.75) is 0 Å². The van der Waals surface area contributed by atoms with Crippen LogP contribution < -0.4 is 0 Å². The van der Waals surface area contributed by atoms with Crippen LogP contribution in [0.3, 0.4) is 0 Å². The Morgan fingerprint density at radius 2 is 1.05 bits per heavy atom. The van der Waals surface area contributed by atoms with E-state index in [1.165, 1.54) is 23.9 Å². The first kappa shape index (κ1) is 15.0. The van der Waals surface area contributed by atoms with Gasteiger partial charge in [-0.25, -0.2) is 0 Å². The molecule has 0 aliphatic rings. The molecular weight excluding hydrogens is 280 g/mol. The number of thioether (sulfide) groups is 1. The van der Waals surface area contributed by atoms with E-state index in [4.69, 9.17) is 0 Å². The summed E-state index contributed by atoms with van der Waals surface area (Å²) in [7, 11) is 0. The van der Waals surface area contributed by atoms with Crippen molar-refractivity contribution in [2.75, 3.05) is 0 Å². The fourth-order valence-electron chi connectivity index (χ4n) is 1.64. The van der Waals surface area contributed by atoms with Gasteiger partial charge in [0.25, 0.3) is 0 Å². The zero-order valence-electron chi connectivity index (χ0n) is 11.3. The highest BCUT2D eigenvalue weighted by Crippen LogP contribution is 2.09. The van der Waals surface area contributed by atoms with Crippen molar-refractivity contribution in [3.8, 4) is 0 Å². The summed E-state index contributed by atoms with van der Waals surface area (Å²) in [6.45, 7) is 0. The minimum Gasteiger partial charge on any atom is -0.289 e. The van der Waals surface area contributed by atoms with Crippen molar-refractivity contribution in [1.82, 2.24) is 0 Å². The summed E-state index contributed by atoms with van der Waals surface area (Å²) >= 11 is 1.30. The molecule has 2 aromatic carbocycles. The first-order valence-electron chi connectivity index (χ1n) is 6.45. The molecule has 21 heavy (non-hydrogen) atoms. The van der Waals surface area contributed by atoms with E-state index >= 15 is 0 Å². The quantitative estimate of drug-likeness (QED) is 0.580. The lowest BCUT2D eigenvalue weighted by atomic mass is 10.1. The lowest BCUT2D eigenvalue weighted by Crippen LogP contribution is -1.92. The minimum absolute atomic E-state index is 0.0501. The lowest BCUT2D eigenvalue weighted by Gasteiger charge is -1.94. The van der Waals surface area contributed by atoms with Crippen molar-refractivity contribution < 1.29 is 9.59 Å². The topological polar surface area (TPSA) is 34.1 Å². The van der Waals surface area contributed by atoms with Crippen LogP contribution in [0.1, 0.15) is 20.7 Å². The Morgan fingerprint density at radius 3 is 1.43 bits per heavy atom. The van der Waals surface area contributed by atoms with Crippen molar-refractivity contribution >= 4 is 23.3 Å². The third-order valence-electron chi connectivity index (χ3n) is 2.71. The number of carbonyl (C=O) groups is 2. The second kappa shape index (κ2) is 8.02. The van der Waals surface area contributed by atoms with Gasteiger partial charge in [0.1, 0.15) is 0 Å². The van der Waals surface area contributed by atoms with Crippen LogP contribution in [0.15, 0.2) is 83.6 Å². The number of hydrogen-bond donors (Lipinski definition) is 0. The number of rotatable bonds is 6. The number of hydrogen-bond acceptors (Lipinski definition) is 3. The van der Waals surface area contributed by atoms with Gasteiger partial charge in [0.15, 0.2) is 11.6 Å². The van der Waals surface area contributed by atoms with Crippen LogP contribution in [0.25, 0.3) is 0 Å². The van der Waals surface area contributed by atoms with Crippen LogP contribution in [-0.2, 0) is 0 Å². The van der Waals surface area contributed by atoms with Crippen LogP contribution in [-0.4, -0.2) is 11.6 Å². The summed E-state index contributed by atoms with van der Waals surface area (Å²) in [6, 6.07) is 18.1. The summed E-state index contributed by atoms with van der Waals surface area (Å²) in [6.07, 6.45) is 2.99. The summed E-state index contributed by atoms with van der Waals surface area (Å²) in [5, 5.41) is 3.34. The van der Waals surface area contributed by atoms with Crippen molar-refractivity contribution in [3.05, 3.63) is 94.8 Å². The largest absolute Gasteiger partial charge is 0.289 e. The van der Waals surface area contributed by atoms with E-state index < -0.39 is 0 Å². The SMILES string of the molecule is O=C(C=CSC=CC(=O)c1ccccc1)c1ccccc1. The molecule has 0 amide bonds. The highest BCUT2D eigenvalue weighted by atomic mass is 32.2. The molecule has 2 nitrogen and oxygen atoms in total. The molecule has 3 heteroatoms. The zero-order chi connectivity index (χ0) is 14.9. The normalized spacial score (nSPS) is 11.0. The molecule has 0 bridgehead atoms. The van der Waals surface area contributed by atoms with Crippen LogP contribution >= 0.6 is 11.8 Å². The smallest absolute Gasteiger partial charge is 0.186 e. The molecule has 0 spiro atoms. The molecule has 0 atom stereocenters. The van der Waals surface area contributed by atoms with Gasteiger partial charge in [-0.15, -0.1) is 11.8 Å². The molecule has 0 radical (unpaired) electrons. The molecule has 0 aliphatic heterocycles. The highest BCUT2D eigenvalue weighted by molar-refractivity contribution is 8.04. The average molecular weight is 294 g/mol. The summed E-state index contributed by atoms with van der Waals surface area (Å²) in [5.74, 6) is -0.100. The molecule has 0 heterocycles. The van der Waals surface area contributed by atoms with Gasteiger partial charge in [0.2, 0.25) is 0 Å². The third kappa shape index (κ3) is 4.89. The van der Waals surface area contributed by atoms with Crippen LogP contribution in [0.4, 0.5) is 0 Å². The maximum Gasteiger partial charge on any atom is 0.186 e. The van der Waals surface area contributed by atoms with E-state index in [2.05, 4.69) is 0 Å². The van der Waals surface area contributed by atoms with Crippen molar-refractivity contribution in [1.29, 1.82) is 0 Å². The Balaban J connectivity index is 1.84. The Morgan fingerprint density at radius 1 is 0.667 bits per heavy atom.